The number of phenolic OH excluding ortho intramolecular Hbond substituents is 3. The molecule has 6 nitrogen and oxygen atoms in total. The lowest BCUT2D eigenvalue weighted by atomic mass is 9.64. The van der Waals surface area contributed by atoms with Crippen LogP contribution in [0.3, 0.4) is 0 Å². The minimum Gasteiger partial charge on any atom is -0.507 e. The highest BCUT2D eigenvalue weighted by Gasteiger charge is 2.50. The maximum atomic E-state index is 11.7. The largest absolute Gasteiger partial charge is 0.507 e. The van der Waals surface area contributed by atoms with Gasteiger partial charge in [-0.05, 0) is 69.1 Å². The van der Waals surface area contributed by atoms with Gasteiger partial charge in [-0.25, -0.2) is 0 Å². The summed E-state index contributed by atoms with van der Waals surface area (Å²) in [6, 6.07) is 0. The monoisotopic (exact) mass is 472 g/mol. The summed E-state index contributed by atoms with van der Waals surface area (Å²) in [7, 11) is 0. The van der Waals surface area contributed by atoms with Crippen molar-refractivity contribution in [2.45, 2.75) is 85.2 Å². The van der Waals surface area contributed by atoms with Crippen molar-refractivity contribution in [3.63, 3.8) is 0 Å². The van der Waals surface area contributed by atoms with Gasteiger partial charge in [0.05, 0.1) is 16.7 Å². The molecule has 0 saturated heterocycles. The standard InChI is InChI=1S/C28H40O6/c1-15(2)11-22(23-25(32)19(13-29)24(31)20(14-30)26(23)33)28(6)10-9-18-16(3)7-8-17(12-21(18)28)27(4,5)34/h12-18,22,31-34H,7-11H2,1-6H3/t16-,17-,18-,22+,28+/m1/s1. The van der Waals surface area contributed by atoms with E-state index in [4.69, 9.17) is 0 Å². The highest BCUT2D eigenvalue weighted by Crippen LogP contribution is 2.62. The normalized spacial score (nSPS) is 28.2. The van der Waals surface area contributed by atoms with Crippen LogP contribution >= 0.6 is 0 Å². The van der Waals surface area contributed by atoms with Crippen LogP contribution in [0.25, 0.3) is 0 Å². The van der Waals surface area contributed by atoms with E-state index in [0.29, 0.717) is 30.8 Å². The maximum Gasteiger partial charge on any atom is 0.157 e. The van der Waals surface area contributed by atoms with Crippen LogP contribution in [0.5, 0.6) is 17.2 Å². The third kappa shape index (κ3) is 4.37. The Bertz CT molecular complexity index is 951. The molecule has 34 heavy (non-hydrogen) atoms. The number of hydrogen-bond donors (Lipinski definition) is 4. The molecular weight excluding hydrogens is 432 g/mol. The second kappa shape index (κ2) is 9.37. The highest BCUT2D eigenvalue weighted by molar-refractivity contribution is 5.95. The first-order valence-electron chi connectivity index (χ1n) is 12.4. The molecule has 4 N–H and O–H groups in total. The lowest BCUT2D eigenvalue weighted by Crippen LogP contribution is -2.31. The zero-order valence-electron chi connectivity index (χ0n) is 21.3. The fourth-order valence-corrected chi connectivity index (χ4v) is 6.45. The van der Waals surface area contributed by atoms with Gasteiger partial charge in [-0.15, -0.1) is 0 Å². The van der Waals surface area contributed by atoms with Gasteiger partial charge in [0.15, 0.2) is 12.6 Å². The Morgan fingerprint density at radius 1 is 1.03 bits per heavy atom. The van der Waals surface area contributed by atoms with Crippen molar-refractivity contribution in [1.82, 2.24) is 0 Å². The van der Waals surface area contributed by atoms with Crippen molar-refractivity contribution in [3.05, 3.63) is 28.3 Å². The van der Waals surface area contributed by atoms with Gasteiger partial charge in [-0.1, -0.05) is 39.3 Å². The van der Waals surface area contributed by atoms with Gasteiger partial charge in [0.25, 0.3) is 0 Å². The van der Waals surface area contributed by atoms with E-state index in [1.807, 2.05) is 13.8 Å². The molecule has 5 atom stereocenters. The van der Waals surface area contributed by atoms with E-state index in [1.54, 1.807) is 0 Å². The Balaban J connectivity index is 2.30. The number of aldehydes is 2. The van der Waals surface area contributed by atoms with Crippen LogP contribution in [-0.4, -0.2) is 38.6 Å². The number of aliphatic hydroxyl groups is 1. The molecule has 2 aliphatic rings. The Hall–Kier alpha value is -2.34. The number of phenols is 3. The minimum atomic E-state index is -0.878. The van der Waals surface area contributed by atoms with Crippen LogP contribution in [0, 0.1) is 29.1 Å². The molecule has 1 aromatic carbocycles. The SMILES string of the molecule is CC(C)C[C@@H](c1c(O)c(C=O)c(O)c(C=O)c1O)[C@@]1(C)CC[C@H]2C1=C[C@H](C(C)(C)O)CC[C@H]2C. The van der Waals surface area contributed by atoms with Crippen LogP contribution in [0.4, 0.5) is 0 Å². The lowest BCUT2D eigenvalue weighted by Gasteiger charge is -2.40. The summed E-state index contributed by atoms with van der Waals surface area (Å²) >= 11 is 0. The first-order chi connectivity index (χ1) is 15.8. The summed E-state index contributed by atoms with van der Waals surface area (Å²) < 4.78 is 0. The number of aromatic hydroxyl groups is 3. The van der Waals surface area contributed by atoms with E-state index in [1.165, 1.54) is 5.57 Å². The van der Waals surface area contributed by atoms with Crippen LogP contribution in [-0.2, 0) is 0 Å². The summed E-state index contributed by atoms with van der Waals surface area (Å²) in [6.07, 6.45) is 7.14. The molecule has 0 aliphatic heterocycles. The number of carbonyl (C=O) groups excluding carboxylic acids is 2. The summed E-state index contributed by atoms with van der Waals surface area (Å²) in [5.41, 5.74) is -0.724. The highest BCUT2D eigenvalue weighted by atomic mass is 16.3. The molecule has 0 aromatic heterocycles. The predicted molar refractivity (Wildman–Crippen MR) is 132 cm³/mol. The molecule has 0 heterocycles. The molecule has 2 aliphatic carbocycles. The van der Waals surface area contributed by atoms with Crippen molar-refractivity contribution < 1.29 is 30.0 Å². The number of fused-ring (bicyclic) bond motifs is 1. The number of rotatable bonds is 7. The van der Waals surface area contributed by atoms with E-state index in [-0.39, 0.29) is 28.5 Å². The molecule has 1 fully saturated rings. The summed E-state index contributed by atoms with van der Waals surface area (Å²) in [5, 5.41) is 43.4. The van der Waals surface area contributed by atoms with Crippen LogP contribution in [0.1, 0.15) is 106 Å². The fraction of sp³-hybridized carbons (Fsp3) is 0.643. The Labute approximate surface area is 202 Å². The first kappa shape index (κ1) is 26.3. The van der Waals surface area contributed by atoms with Crippen molar-refractivity contribution >= 4 is 12.6 Å². The van der Waals surface area contributed by atoms with Gasteiger partial charge in [-0.2, -0.15) is 0 Å². The fourth-order valence-electron chi connectivity index (χ4n) is 6.45. The van der Waals surface area contributed by atoms with Crippen LogP contribution < -0.4 is 0 Å². The molecule has 0 radical (unpaired) electrons. The minimum absolute atomic E-state index is 0.0230. The molecule has 0 bridgehead atoms. The third-order valence-electron chi connectivity index (χ3n) is 8.53. The maximum absolute atomic E-state index is 11.7. The molecule has 1 aromatic rings. The number of hydrogen-bond acceptors (Lipinski definition) is 6. The summed E-state index contributed by atoms with van der Waals surface area (Å²) in [5.74, 6) is -1.10. The van der Waals surface area contributed by atoms with Gasteiger partial charge in [0.2, 0.25) is 0 Å². The van der Waals surface area contributed by atoms with Crippen LogP contribution in [0.2, 0.25) is 0 Å². The molecule has 188 valence electrons. The van der Waals surface area contributed by atoms with Gasteiger partial charge >= 0.3 is 0 Å². The van der Waals surface area contributed by atoms with Gasteiger partial charge in [0, 0.05) is 17.4 Å². The average Bonchev–Trinajstić information content (AvgIpc) is 2.95. The zero-order chi connectivity index (χ0) is 25.6. The van der Waals surface area contributed by atoms with E-state index < -0.39 is 34.2 Å². The van der Waals surface area contributed by atoms with E-state index >= 15 is 0 Å². The molecule has 6 heteroatoms. The smallest absolute Gasteiger partial charge is 0.157 e. The van der Waals surface area contributed by atoms with E-state index in [0.717, 1.165) is 25.7 Å². The number of allylic oxidation sites excluding steroid dienone is 1. The Kier molecular flexibility index (Phi) is 7.24. The second-order valence-electron chi connectivity index (χ2n) is 11.7. The van der Waals surface area contributed by atoms with Gasteiger partial charge < -0.3 is 20.4 Å². The average molecular weight is 473 g/mol. The van der Waals surface area contributed by atoms with Crippen molar-refractivity contribution in [1.29, 1.82) is 0 Å². The molecule has 3 rings (SSSR count). The van der Waals surface area contributed by atoms with E-state index in [2.05, 4.69) is 33.8 Å². The van der Waals surface area contributed by atoms with Gasteiger partial charge in [0.1, 0.15) is 17.2 Å². The second-order valence-corrected chi connectivity index (χ2v) is 11.7. The Morgan fingerprint density at radius 3 is 2.06 bits per heavy atom. The lowest BCUT2D eigenvalue weighted by molar-refractivity contribution is 0.0318. The third-order valence-corrected chi connectivity index (χ3v) is 8.53. The Morgan fingerprint density at radius 2 is 1.59 bits per heavy atom. The molecule has 0 amide bonds. The molecule has 1 saturated carbocycles. The molecule has 0 spiro atoms. The quantitative estimate of drug-likeness (QED) is 0.298. The molecule has 0 unspecified atom stereocenters. The van der Waals surface area contributed by atoms with Crippen molar-refractivity contribution in [3.8, 4) is 17.2 Å². The van der Waals surface area contributed by atoms with E-state index in [9.17, 15) is 30.0 Å². The number of benzene rings is 1. The number of carbonyl (C=O) groups is 2. The van der Waals surface area contributed by atoms with Crippen molar-refractivity contribution in [2.75, 3.05) is 0 Å². The topological polar surface area (TPSA) is 115 Å². The van der Waals surface area contributed by atoms with Crippen molar-refractivity contribution in [2.24, 2.45) is 29.1 Å². The predicted octanol–water partition coefficient (Wildman–Crippen LogP) is 5.72. The molecular formula is C28H40O6. The van der Waals surface area contributed by atoms with Crippen LogP contribution in [0.15, 0.2) is 11.6 Å². The first-order valence-corrected chi connectivity index (χ1v) is 12.4. The summed E-state index contributed by atoms with van der Waals surface area (Å²) in [4.78, 5) is 23.5. The van der Waals surface area contributed by atoms with Gasteiger partial charge in [-0.3, -0.25) is 9.59 Å². The zero-order valence-corrected chi connectivity index (χ0v) is 21.3. The summed E-state index contributed by atoms with van der Waals surface area (Å²) in [6.45, 7) is 12.2.